The van der Waals surface area contributed by atoms with Crippen molar-refractivity contribution in [3.05, 3.63) is 11.6 Å². The first-order valence-corrected chi connectivity index (χ1v) is 7.86. The van der Waals surface area contributed by atoms with Gasteiger partial charge in [0, 0.05) is 64.0 Å². The van der Waals surface area contributed by atoms with E-state index in [1.54, 1.807) is 11.3 Å². The third-order valence-corrected chi connectivity index (χ3v) is 4.89. The summed E-state index contributed by atoms with van der Waals surface area (Å²) in [6, 6.07) is 0.594. The minimum Gasteiger partial charge on any atom is -0.380 e. The number of nitrogens with one attached hydrogen (secondary N) is 1. The Balaban J connectivity index is 1.43. The fourth-order valence-electron chi connectivity index (χ4n) is 2.91. The van der Waals surface area contributed by atoms with Gasteiger partial charge in [-0.1, -0.05) is 0 Å². The number of rotatable bonds is 4. The van der Waals surface area contributed by atoms with Crippen molar-refractivity contribution in [3.8, 4) is 0 Å². The van der Waals surface area contributed by atoms with Crippen molar-refractivity contribution < 1.29 is 4.74 Å². The van der Waals surface area contributed by atoms with Crippen LogP contribution in [0.1, 0.15) is 6.42 Å². The Bertz CT molecular complexity index is 378. The quantitative estimate of drug-likeness (QED) is 0.878. The van der Waals surface area contributed by atoms with Gasteiger partial charge in [0.1, 0.15) is 0 Å². The van der Waals surface area contributed by atoms with Crippen molar-refractivity contribution in [2.45, 2.75) is 18.6 Å². The summed E-state index contributed by atoms with van der Waals surface area (Å²) in [7, 11) is 1.81. The van der Waals surface area contributed by atoms with Crippen LogP contribution in [0.3, 0.4) is 0 Å². The van der Waals surface area contributed by atoms with Crippen molar-refractivity contribution in [3.63, 3.8) is 0 Å². The Labute approximate surface area is 118 Å². The monoisotopic (exact) mass is 282 g/mol. The zero-order valence-electron chi connectivity index (χ0n) is 11.4. The summed E-state index contributed by atoms with van der Waals surface area (Å²) in [5.74, 6) is 0. The SMILES string of the molecule is COC1CNC(CN2CCN(c3nccs3)CC2)C1. The van der Waals surface area contributed by atoms with E-state index in [2.05, 4.69) is 25.5 Å². The number of anilines is 1. The predicted octanol–water partition coefficient (Wildman–Crippen LogP) is 0.642. The molecule has 1 aromatic heterocycles. The zero-order chi connectivity index (χ0) is 13.1. The molecule has 2 fully saturated rings. The summed E-state index contributed by atoms with van der Waals surface area (Å²) >= 11 is 1.73. The molecule has 1 N–H and O–H groups in total. The van der Waals surface area contributed by atoms with E-state index in [1.165, 1.54) is 0 Å². The number of thiazole rings is 1. The summed E-state index contributed by atoms with van der Waals surface area (Å²) in [6.45, 7) is 6.60. The number of hydrogen-bond acceptors (Lipinski definition) is 6. The van der Waals surface area contributed by atoms with Crippen LogP contribution in [-0.4, -0.2) is 68.4 Å². The van der Waals surface area contributed by atoms with E-state index in [0.717, 1.165) is 50.8 Å². The van der Waals surface area contributed by atoms with E-state index in [4.69, 9.17) is 4.74 Å². The van der Waals surface area contributed by atoms with Gasteiger partial charge in [-0.3, -0.25) is 4.90 Å². The minimum atomic E-state index is 0.404. The number of methoxy groups -OCH3 is 1. The molecule has 106 valence electrons. The van der Waals surface area contributed by atoms with Gasteiger partial charge in [-0.2, -0.15) is 0 Å². The molecular formula is C13H22N4OS. The molecule has 0 saturated carbocycles. The molecule has 2 atom stereocenters. The standard InChI is InChI=1S/C13H22N4OS/c1-18-12-8-11(15-9-12)10-16-3-5-17(6-4-16)13-14-2-7-19-13/h2,7,11-12,15H,3-6,8-10H2,1H3. The molecule has 2 saturated heterocycles. The first kappa shape index (κ1) is 13.3. The van der Waals surface area contributed by atoms with Crippen molar-refractivity contribution >= 4 is 16.5 Å². The highest BCUT2D eigenvalue weighted by molar-refractivity contribution is 7.13. The lowest BCUT2D eigenvalue weighted by Gasteiger charge is -2.35. The lowest BCUT2D eigenvalue weighted by Crippen LogP contribution is -2.49. The molecule has 0 spiro atoms. The Kier molecular flexibility index (Phi) is 4.32. The van der Waals surface area contributed by atoms with Gasteiger partial charge in [0.2, 0.25) is 0 Å². The van der Waals surface area contributed by atoms with Gasteiger partial charge in [0.15, 0.2) is 5.13 Å². The molecule has 2 aliphatic heterocycles. The highest BCUT2D eigenvalue weighted by atomic mass is 32.1. The molecule has 0 bridgehead atoms. The third-order valence-electron chi connectivity index (χ3n) is 4.06. The number of ether oxygens (including phenoxy) is 1. The van der Waals surface area contributed by atoms with Crippen LogP contribution in [0.5, 0.6) is 0 Å². The van der Waals surface area contributed by atoms with Gasteiger partial charge in [0.05, 0.1) is 6.10 Å². The first-order valence-electron chi connectivity index (χ1n) is 6.98. The lowest BCUT2D eigenvalue weighted by atomic mass is 10.2. The van der Waals surface area contributed by atoms with Crippen molar-refractivity contribution in [1.82, 2.24) is 15.2 Å². The van der Waals surface area contributed by atoms with Gasteiger partial charge in [-0.25, -0.2) is 4.98 Å². The van der Waals surface area contributed by atoms with Crippen molar-refractivity contribution in [1.29, 1.82) is 0 Å². The molecule has 6 heteroatoms. The van der Waals surface area contributed by atoms with Gasteiger partial charge in [0.25, 0.3) is 0 Å². The van der Waals surface area contributed by atoms with E-state index in [-0.39, 0.29) is 0 Å². The highest BCUT2D eigenvalue weighted by Crippen LogP contribution is 2.19. The maximum absolute atomic E-state index is 5.40. The summed E-state index contributed by atoms with van der Waals surface area (Å²) in [5, 5.41) is 6.77. The number of nitrogens with zero attached hydrogens (tertiary/aromatic N) is 3. The molecule has 0 aromatic carbocycles. The molecule has 1 aromatic rings. The molecule has 3 rings (SSSR count). The van der Waals surface area contributed by atoms with Crippen molar-refractivity contribution in [2.75, 3.05) is 51.3 Å². The number of aromatic nitrogens is 1. The summed E-state index contributed by atoms with van der Waals surface area (Å²) in [4.78, 5) is 9.33. The maximum atomic E-state index is 5.40. The Morgan fingerprint density at radius 1 is 1.42 bits per heavy atom. The van der Waals surface area contributed by atoms with Crippen LogP contribution < -0.4 is 10.2 Å². The third kappa shape index (κ3) is 3.25. The molecule has 5 nitrogen and oxygen atoms in total. The number of piperazine rings is 1. The second-order valence-corrected chi connectivity index (χ2v) is 6.17. The van der Waals surface area contributed by atoms with E-state index >= 15 is 0 Å². The van der Waals surface area contributed by atoms with Crippen molar-refractivity contribution in [2.24, 2.45) is 0 Å². The fraction of sp³-hybridized carbons (Fsp3) is 0.769. The van der Waals surface area contributed by atoms with Crippen LogP contribution in [0, 0.1) is 0 Å². The smallest absolute Gasteiger partial charge is 0.185 e. The average Bonchev–Trinajstić information content (AvgIpc) is 3.10. The van der Waals surface area contributed by atoms with Crippen LogP contribution in [-0.2, 0) is 4.74 Å². The predicted molar refractivity (Wildman–Crippen MR) is 78.0 cm³/mol. The van der Waals surface area contributed by atoms with Gasteiger partial charge >= 0.3 is 0 Å². The summed E-state index contributed by atoms with van der Waals surface area (Å²) < 4.78 is 5.40. The van der Waals surface area contributed by atoms with E-state index in [1.807, 2.05) is 13.3 Å². The Morgan fingerprint density at radius 2 is 2.26 bits per heavy atom. The van der Waals surface area contributed by atoms with Gasteiger partial charge in [-0.15, -0.1) is 11.3 Å². The molecule has 0 aliphatic carbocycles. The van der Waals surface area contributed by atoms with E-state index in [0.29, 0.717) is 12.1 Å². The summed E-state index contributed by atoms with van der Waals surface area (Å²) in [6.07, 6.45) is 3.43. The largest absolute Gasteiger partial charge is 0.380 e. The fourth-order valence-corrected chi connectivity index (χ4v) is 3.60. The zero-order valence-corrected chi connectivity index (χ0v) is 12.2. The molecule has 2 aliphatic rings. The maximum Gasteiger partial charge on any atom is 0.185 e. The van der Waals surface area contributed by atoms with Crippen LogP contribution >= 0.6 is 11.3 Å². The van der Waals surface area contributed by atoms with Crippen LogP contribution in [0.4, 0.5) is 5.13 Å². The Morgan fingerprint density at radius 3 is 2.89 bits per heavy atom. The lowest BCUT2D eigenvalue weighted by molar-refractivity contribution is 0.115. The minimum absolute atomic E-state index is 0.404. The van der Waals surface area contributed by atoms with E-state index in [9.17, 15) is 0 Å². The summed E-state index contributed by atoms with van der Waals surface area (Å²) in [5.41, 5.74) is 0. The molecule has 19 heavy (non-hydrogen) atoms. The molecule has 3 heterocycles. The molecule has 0 radical (unpaired) electrons. The van der Waals surface area contributed by atoms with Crippen LogP contribution in [0.25, 0.3) is 0 Å². The average molecular weight is 282 g/mol. The van der Waals surface area contributed by atoms with Crippen LogP contribution in [0.2, 0.25) is 0 Å². The second kappa shape index (κ2) is 6.17. The van der Waals surface area contributed by atoms with Crippen LogP contribution in [0.15, 0.2) is 11.6 Å². The second-order valence-electron chi connectivity index (χ2n) is 5.30. The first-order chi connectivity index (χ1) is 9.35. The molecule has 2 unspecified atom stereocenters. The normalized spacial score (nSPS) is 29.0. The Hall–Kier alpha value is -0.690. The number of hydrogen-bond donors (Lipinski definition) is 1. The van der Waals surface area contributed by atoms with Gasteiger partial charge in [-0.05, 0) is 6.42 Å². The van der Waals surface area contributed by atoms with E-state index < -0.39 is 0 Å². The van der Waals surface area contributed by atoms with Gasteiger partial charge < -0.3 is 15.0 Å². The molecular weight excluding hydrogens is 260 g/mol. The topological polar surface area (TPSA) is 40.6 Å². The highest BCUT2D eigenvalue weighted by Gasteiger charge is 2.27. The molecule has 0 amide bonds.